The molecule has 0 spiro atoms. The van der Waals surface area contributed by atoms with E-state index in [1.807, 2.05) is 0 Å². The van der Waals surface area contributed by atoms with Crippen molar-refractivity contribution in [2.45, 2.75) is 0 Å². The van der Waals surface area contributed by atoms with Crippen LogP contribution in [-0.2, 0) is 14.3 Å². The Morgan fingerprint density at radius 1 is 1.40 bits per heavy atom. The monoisotopic (exact) mass is 209 g/mol. The minimum absolute atomic E-state index is 0.277. The summed E-state index contributed by atoms with van der Waals surface area (Å²) in [6.07, 6.45) is 8.13. The van der Waals surface area contributed by atoms with Gasteiger partial charge in [0.1, 0.15) is 0 Å². The summed E-state index contributed by atoms with van der Waals surface area (Å²) in [5.41, 5.74) is 0.277. The summed E-state index contributed by atoms with van der Waals surface area (Å²) in [5, 5.41) is 11.6. The molecule has 0 aromatic carbocycles. The lowest BCUT2D eigenvalue weighted by Gasteiger charge is -2.13. The predicted molar refractivity (Wildman–Crippen MR) is 52.6 cm³/mol. The molecule has 0 amide bonds. The van der Waals surface area contributed by atoms with Gasteiger partial charge in [-0.2, -0.15) is 0 Å². The summed E-state index contributed by atoms with van der Waals surface area (Å²) in [4.78, 5) is 22.1. The number of rotatable bonds is 3. The van der Waals surface area contributed by atoms with E-state index in [1.165, 1.54) is 6.08 Å². The minimum atomic E-state index is -1.32. The first-order valence-corrected chi connectivity index (χ1v) is 4.27. The van der Waals surface area contributed by atoms with Gasteiger partial charge in [0.25, 0.3) is 0 Å². The van der Waals surface area contributed by atoms with Crippen molar-refractivity contribution in [1.29, 1.82) is 0 Å². The van der Waals surface area contributed by atoms with Crippen LogP contribution in [0.1, 0.15) is 0 Å². The van der Waals surface area contributed by atoms with E-state index in [0.29, 0.717) is 0 Å². The van der Waals surface area contributed by atoms with E-state index >= 15 is 0 Å². The topological polar surface area (TPSA) is 75.6 Å². The van der Waals surface area contributed by atoms with Gasteiger partial charge in [0.05, 0.1) is 7.11 Å². The molecular formula is C10H11NO4. The van der Waals surface area contributed by atoms with E-state index in [0.717, 1.165) is 7.11 Å². The molecule has 0 saturated carbocycles. The number of carbonyl (C=O) groups is 2. The number of esters is 1. The van der Waals surface area contributed by atoms with Gasteiger partial charge in [0.2, 0.25) is 0 Å². The Morgan fingerprint density at radius 3 is 2.73 bits per heavy atom. The maximum atomic E-state index is 11.2. The van der Waals surface area contributed by atoms with Gasteiger partial charge in [-0.15, -0.1) is 0 Å². The molecule has 0 bridgehead atoms. The molecule has 0 saturated heterocycles. The summed E-state index contributed by atoms with van der Waals surface area (Å²) in [6.45, 7) is 0. The van der Waals surface area contributed by atoms with Crippen molar-refractivity contribution >= 4 is 11.9 Å². The highest BCUT2D eigenvalue weighted by Gasteiger charge is 2.30. The van der Waals surface area contributed by atoms with Crippen LogP contribution >= 0.6 is 0 Å². The van der Waals surface area contributed by atoms with Gasteiger partial charge in [-0.1, -0.05) is 12.2 Å². The van der Waals surface area contributed by atoms with Crippen LogP contribution in [-0.4, -0.2) is 24.2 Å². The lowest BCUT2D eigenvalue weighted by molar-refractivity contribution is -0.154. The number of allylic oxidation sites excluding steroid dienone is 4. The normalized spacial score (nSPS) is 15.9. The zero-order valence-electron chi connectivity index (χ0n) is 8.14. The van der Waals surface area contributed by atoms with Crippen LogP contribution in [0.15, 0.2) is 36.2 Å². The van der Waals surface area contributed by atoms with Gasteiger partial charge in [0, 0.05) is 11.9 Å². The molecule has 1 aliphatic heterocycles. The smallest absolute Gasteiger partial charge is 0.326 e. The Kier molecular flexibility index (Phi) is 3.68. The second-order valence-electron chi connectivity index (χ2n) is 2.80. The largest absolute Gasteiger partial charge is 0.480 e. The Hall–Kier alpha value is -2.04. The maximum absolute atomic E-state index is 11.2. The van der Waals surface area contributed by atoms with E-state index in [1.54, 1.807) is 24.4 Å². The molecule has 2 N–H and O–H groups in total. The lowest BCUT2D eigenvalue weighted by atomic mass is 10.1. The first-order valence-electron chi connectivity index (χ1n) is 4.27. The Labute approximate surface area is 86.7 Å². The highest BCUT2D eigenvalue weighted by atomic mass is 16.5. The number of ether oxygens (including phenoxy) is 1. The summed E-state index contributed by atoms with van der Waals surface area (Å²) in [7, 11) is 1.15. The second-order valence-corrected chi connectivity index (χ2v) is 2.80. The molecule has 5 heteroatoms. The summed E-state index contributed by atoms with van der Waals surface area (Å²) < 4.78 is 4.42. The molecule has 0 aromatic heterocycles. The first kappa shape index (κ1) is 11.0. The third-order valence-electron chi connectivity index (χ3n) is 1.84. The quantitative estimate of drug-likeness (QED) is 0.520. The molecule has 1 unspecified atom stereocenters. The highest BCUT2D eigenvalue weighted by Crippen LogP contribution is 2.12. The fraction of sp³-hybridized carbons (Fsp3) is 0.200. The van der Waals surface area contributed by atoms with E-state index in [-0.39, 0.29) is 5.70 Å². The highest BCUT2D eigenvalue weighted by molar-refractivity contribution is 5.97. The maximum Gasteiger partial charge on any atom is 0.326 e. The first-order chi connectivity index (χ1) is 7.16. The van der Waals surface area contributed by atoms with E-state index in [9.17, 15) is 9.59 Å². The van der Waals surface area contributed by atoms with Crippen LogP contribution in [0.4, 0.5) is 0 Å². The van der Waals surface area contributed by atoms with Gasteiger partial charge in [-0.05, 0) is 12.2 Å². The number of nitrogens with one attached hydrogen (secondary N) is 1. The molecule has 80 valence electrons. The van der Waals surface area contributed by atoms with Crippen LogP contribution < -0.4 is 5.32 Å². The van der Waals surface area contributed by atoms with Gasteiger partial charge >= 0.3 is 11.9 Å². The Morgan fingerprint density at radius 2 is 2.13 bits per heavy atom. The zero-order chi connectivity index (χ0) is 11.3. The van der Waals surface area contributed by atoms with Gasteiger partial charge in [0.15, 0.2) is 5.92 Å². The lowest BCUT2D eigenvalue weighted by Crippen LogP contribution is -2.31. The molecule has 1 heterocycles. The van der Waals surface area contributed by atoms with Crippen molar-refractivity contribution in [2.24, 2.45) is 5.92 Å². The van der Waals surface area contributed by atoms with Crippen molar-refractivity contribution in [1.82, 2.24) is 5.32 Å². The van der Waals surface area contributed by atoms with E-state index < -0.39 is 17.9 Å². The Balaban J connectivity index is 2.94. The molecule has 1 aliphatic rings. The predicted octanol–water partition coefficient (Wildman–Crippen LogP) is 0.417. The summed E-state index contributed by atoms with van der Waals surface area (Å²) in [5.74, 6) is -3.36. The average molecular weight is 209 g/mol. The Bertz CT molecular complexity index is 354. The number of carboxylic acids is 1. The van der Waals surface area contributed by atoms with Gasteiger partial charge in [-0.3, -0.25) is 9.59 Å². The van der Waals surface area contributed by atoms with Gasteiger partial charge in [-0.25, -0.2) is 0 Å². The van der Waals surface area contributed by atoms with E-state index in [4.69, 9.17) is 5.11 Å². The molecule has 1 atom stereocenters. The number of hydrogen-bond donors (Lipinski definition) is 2. The average Bonchev–Trinajstić information content (AvgIpc) is 2.46. The SMILES string of the molecule is COC(=O)C(C(=O)O)C1=CC=CC=CN1. The third kappa shape index (κ3) is 2.70. The summed E-state index contributed by atoms with van der Waals surface area (Å²) in [6, 6.07) is 0. The molecule has 0 fully saturated rings. The standard InChI is InChI=1S/C10H11NO4/c1-15-10(14)8(9(12)13)7-5-3-2-4-6-11-7/h2-6,8,11H,1H3,(H,12,13). The van der Waals surface area contributed by atoms with Crippen LogP contribution in [0.5, 0.6) is 0 Å². The van der Waals surface area contributed by atoms with Crippen molar-refractivity contribution in [2.75, 3.05) is 7.11 Å². The molecule has 0 radical (unpaired) electrons. The molecule has 15 heavy (non-hydrogen) atoms. The van der Waals surface area contributed by atoms with Crippen molar-refractivity contribution in [3.05, 3.63) is 36.2 Å². The second kappa shape index (κ2) is 4.99. The molecule has 0 aromatic rings. The molecule has 0 aliphatic carbocycles. The fourth-order valence-corrected chi connectivity index (χ4v) is 1.13. The third-order valence-corrected chi connectivity index (χ3v) is 1.84. The van der Waals surface area contributed by atoms with Crippen LogP contribution in [0, 0.1) is 5.92 Å². The van der Waals surface area contributed by atoms with Gasteiger partial charge < -0.3 is 15.2 Å². The van der Waals surface area contributed by atoms with Crippen molar-refractivity contribution in [3.8, 4) is 0 Å². The summed E-state index contributed by atoms with van der Waals surface area (Å²) >= 11 is 0. The van der Waals surface area contributed by atoms with E-state index in [2.05, 4.69) is 10.1 Å². The molecule has 1 rings (SSSR count). The zero-order valence-corrected chi connectivity index (χ0v) is 8.14. The number of hydrogen-bond acceptors (Lipinski definition) is 4. The van der Waals surface area contributed by atoms with Crippen molar-refractivity contribution < 1.29 is 19.4 Å². The number of carbonyl (C=O) groups excluding carboxylic acids is 1. The molecule has 5 nitrogen and oxygen atoms in total. The number of aliphatic carboxylic acids is 1. The number of methoxy groups -OCH3 is 1. The number of carboxylic acid groups (broad SMARTS) is 1. The fourth-order valence-electron chi connectivity index (χ4n) is 1.13. The minimum Gasteiger partial charge on any atom is -0.480 e. The van der Waals surface area contributed by atoms with Crippen LogP contribution in [0.3, 0.4) is 0 Å². The molecular weight excluding hydrogens is 198 g/mol. The van der Waals surface area contributed by atoms with Crippen molar-refractivity contribution in [3.63, 3.8) is 0 Å². The van der Waals surface area contributed by atoms with Crippen LogP contribution in [0.25, 0.3) is 0 Å². The van der Waals surface area contributed by atoms with Crippen LogP contribution in [0.2, 0.25) is 0 Å².